The molecule has 1 heterocycles. The Balaban J connectivity index is 1.85. The molecule has 3 aromatic rings. The van der Waals surface area contributed by atoms with Gasteiger partial charge in [0, 0.05) is 23.8 Å². The number of nitrogens with one attached hydrogen (secondary N) is 2. The van der Waals surface area contributed by atoms with E-state index in [-0.39, 0.29) is 18.9 Å². The first-order valence-corrected chi connectivity index (χ1v) is 9.22. The summed E-state index contributed by atoms with van der Waals surface area (Å²) < 4.78 is 0. The minimum atomic E-state index is -0.929. The molecule has 144 valence electrons. The lowest BCUT2D eigenvalue weighted by molar-refractivity contribution is -0.136. The molecule has 3 N–H and O–H groups in total. The van der Waals surface area contributed by atoms with E-state index >= 15 is 0 Å². The number of carbonyl (C=O) groups excluding carboxylic acids is 1. The molecule has 0 unspecified atom stereocenters. The molecule has 0 atom stereocenters. The average molecular weight is 376 g/mol. The van der Waals surface area contributed by atoms with Crippen molar-refractivity contribution in [1.29, 1.82) is 0 Å². The zero-order valence-electron chi connectivity index (χ0n) is 16.3. The van der Waals surface area contributed by atoms with E-state index in [1.165, 1.54) is 10.9 Å². The Hall–Kier alpha value is -3.34. The number of aliphatic carboxylic acids is 1. The van der Waals surface area contributed by atoms with Crippen molar-refractivity contribution in [1.82, 2.24) is 10.3 Å². The molecule has 1 aromatic heterocycles. The van der Waals surface area contributed by atoms with E-state index in [0.29, 0.717) is 5.57 Å². The molecule has 0 fully saturated rings. The summed E-state index contributed by atoms with van der Waals surface area (Å²) in [5.74, 6) is -1.18. The van der Waals surface area contributed by atoms with Crippen LogP contribution in [0.5, 0.6) is 0 Å². The highest BCUT2D eigenvalue weighted by Gasteiger charge is 2.09. The van der Waals surface area contributed by atoms with Gasteiger partial charge in [-0.05, 0) is 78.2 Å². The summed E-state index contributed by atoms with van der Waals surface area (Å²) in [7, 11) is 0. The van der Waals surface area contributed by atoms with Gasteiger partial charge in [0.25, 0.3) is 0 Å². The van der Waals surface area contributed by atoms with E-state index in [1.54, 1.807) is 6.92 Å². The number of hydrogen-bond donors (Lipinski definition) is 3. The van der Waals surface area contributed by atoms with Crippen molar-refractivity contribution in [3.63, 3.8) is 0 Å². The number of hydrogen-bond acceptors (Lipinski definition) is 2. The van der Waals surface area contributed by atoms with Gasteiger partial charge in [-0.2, -0.15) is 0 Å². The quantitative estimate of drug-likeness (QED) is 0.556. The lowest BCUT2D eigenvalue weighted by Gasteiger charge is -2.12. The number of H-pyrrole nitrogens is 1. The van der Waals surface area contributed by atoms with Crippen LogP contribution in [0.2, 0.25) is 0 Å². The van der Waals surface area contributed by atoms with Gasteiger partial charge in [-0.3, -0.25) is 9.59 Å². The van der Waals surface area contributed by atoms with Crippen LogP contribution >= 0.6 is 0 Å². The number of carbonyl (C=O) groups is 2. The van der Waals surface area contributed by atoms with Crippen LogP contribution in [-0.4, -0.2) is 28.5 Å². The van der Waals surface area contributed by atoms with Crippen LogP contribution in [0.15, 0.2) is 48.2 Å². The summed E-state index contributed by atoms with van der Waals surface area (Å²) in [6, 6.07) is 12.6. The molecule has 2 aromatic carbocycles. The monoisotopic (exact) mass is 376 g/mol. The maximum absolute atomic E-state index is 12.1. The topological polar surface area (TPSA) is 82.2 Å². The molecule has 0 spiro atoms. The van der Waals surface area contributed by atoms with E-state index in [9.17, 15) is 9.59 Å². The minimum Gasteiger partial charge on any atom is -0.481 e. The SMILES string of the molecule is C/C(=C\c1cc(C)c(-c2ccc3[nH]ccc3c2)cc1C)C(=O)NCCC(=O)O. The first-order valence-electron chi connectivity index (χ1n) is 9.22. The number of fused-ring (bicyclic) bond motifs is 1. The number of aromatic nitrogens is 1. The van der Waals surface area contributed by atoms with Gasteiger partial charge in [0.05, 0.1) is 6.42 Å². The zero-order chi connectivity index (χ0) is 20.3. The summed E-state index contributed by atoms with van der Waals surface area (Å²) in [4.78, 5) is 25.9. The average Bonchev–Trinajstić information content (AvgIpc) is 3.11. The number of carboxylic acid groups (broad SMARTS) is 1. The molecule has 0 radical (unpaired) electrons. The van der Waals surface area contributed by atoms with Gasteiger partial charge in [0.2, 0.25) is 5.91 Å². The maximum Gasteiger partial charge on any atom is 0.305 e. The summed E-state index contributed by atoms with van der Waals surface area (Å²) in [5, 5.41) is 12.5. The van der Waals surface area contributed by atoms with Crippen molar-refractivity contribution in [2.24, 2.45) is 0 Å². The maximum atomic E-state index is 12.1. The first kappa shape index (κ1) is 19.4. The van der Waals surface area contributed by atoms with E-state index in [2.05, 4.69) is 53.6 Å². The molecule has 0 aliphatic heterocycles. The third-order valence-corrected chi connectivity index (χ3v) is 4.83. The highest BCUT2D eigenvalue weighted by molar-refractivity contribution is 5.97. The second kappa shape index (κ2) is 8.13. The molecule has 5 heteroatoms. The highest BCUT2D eigenvalue weighted by Crippen LogP contribution is 2.29. The van der Waals surface area contributed by atoms with E-state index in [4.69, 9.17) is 5.11 Å². The fourth-order valence-electron chi connectivity index (χ4n) is 3.25. The molecular weight excluding hydrogens is 352 g/mol. The Bertz CT molecular complexity index is 1080. The van der Waals surface area contributed by atoms with Gasteiger partial charge >= 0.3 is 5.97 Å². The Labute approximate surface area is 164 Å². The molecular formula is C23H24N2O3. The lowest BCUT2D eigenvalue weighted by atomic mass is 9.93. The molecule has 0 aliphatic carbocycles. The van der Waals surface area contributed by atoms with Crippen molar-refractivity contribution in [3.05, 3.63) is 64.9 Å². The third-order valence-electron chi connectivity index (χ3n) is 4.83. The first-order chi connectivity index (χ1) is 13.3. The smallest absolute Gasteiger partial charge is 0.305 e. The van der Waals surface area contributed by atoms with Gasteiger partial charge in [-0.1, -0.05) is 18.2 Å². The molecule has 3 rings (SSSR count). The van der Waals surface area contributed by atoms with Gasteiger partial charge in [-0.15, -0.1) is 0 Å². The lowest BCUT2D eigenvalue weighted by Crippen LogP contribution is -2.26. The summed E-state index contributed by atoms with van der Waals surface area (Å²) >= 11 is 0. The predicted molar refractivity (Wildman–Crippen MR) is 112 cm³/mol. The van der Waals surface area contributed by atoms with Crippen LogP contribution in [0, 0.1) is 13.8 Å². The highest BCUT2D eigenvalue weighted by atomic mass is 16.4. The Morgan fingerprint density at radius 1 is 1.11 bits per heavy atom. The largest absolute Gasteiger partial charge is 0.481 e. The third kappa shape index (κ3) is 4.31. The van der Waals surface area contributed by atoms with E-state index in [0.717, 1.165) is 27.8 Å². The van der Waals surface area contributed by atoms with Crippen LogP contribution in [0.4, 0.5) is 0 Å². The zero-order valence-corrected chi connectivity index (χ0v) is 16.3. The molecule has 5 nitrogen and oxygen atoms in total. The molecule has 0 aliphatic rings. The van der Waals surface area contributed by atoms with Crippen LogP contribution in [-0.2, 0) is 9.59 Å². The number of rotatable bonds is 6. The van der Waals surface area contributed by atoms with Crippen molar-refractivity contribution >= 4 is 28.9 Å². The second-order valence-electron chi connectivity index (χ2n) is 7.03. The standard InChI is InChI=1S/C23H24N2O3/c1-14-12-20(17-4-5-21-18(13-17)6-8-24-21)15(2)10-19(14)11-16(3)23(28)25-9-7-22(26)27/h4-6,8,10-13,24H,7,9H2,1-3H3,(H,25,28)(H,26,27)/b16-11+. The minimum absolute atomic E-state index is 0.0860. The fraction of sp³-hybridized carbons (Fsp3) is 0.217. The Morgan fingerprint density at radius 3 is 2.64 bits per heavy atom. The molecule has 0 bridgehead atoms. The number of aryl methyl sites for hydroxylation is 2. The van der Waals surface area contributed by atoms with Gasteiger partial charge < -0.3 is 15.4 Å². The van der Waals surface area contributed by atoms with Crippen molar-refractivity contribution in [2.75, 3.05) is 6.54 Å². The van der Waals surface area contributed by atoms with Crippen LogP contribution in [0.3, 0.4) is 0 Å². The Kier molecular flexibility index (Phi) is 5.64. The number of amides is 1. The Morgan fingerprint density at radius 2 is 1.89 bits per heavy atom. The van der Waals surface area contributed by atoms with Crippen molar-refractivity contribution in [3.8, 4) is 11.1 Å². The molecule has 0 saturated carbocycles. The van der Waals surface area contributed by atoms with Crippen LogP contribution < -0.4 is 5.32 Å². The summed E-state index contributed by atoms with van der Waals surface area (Å²) in [6.45, 7) is 5.95. The number of benzene rings is 2. The van der Waals surface area contributed by atoms with E-state index < -0.39 is 5.97 Å². The van der Waals surface area contributed by atoms with Crippen LogP contribution in [0.1, 0.15) is 30.0 Å². The fourth-order valence-corrected chi connectivity index (χ4v) is 3.25. The molecule has 1 amide bonds. The normalized spacial score (nSPS) is 11.6. The van der Waals surface area contributed by atoms with Crippen molar-refractivity contribution < 1.29 is 14.7 Å². The second-order valence-corrected chi connectivity index (χ2v) is 7.03. The van der Waals surface area contributed by atoms with Crippen LogP contribution in [0.25, 0.3) is 28.1 Å². The predicted octanol–water partition coefficient (Wildman–Crippen LogP) is 4.45. The number of aromatic amines is 1. The van der Waals surface area contributed by atoms with Gasteiger partial charge in [0.15, 0.2) is 0 Å². The van der Waals surface area contributed by atoms with Gasteiger partial charge in [0.1, 0.15) is 0 Å². The number of carboxylic acids is 1. The molecule has 28 heavy (non-hydrogen) atoms. The van der Waals surface area contributed by atoms with E-state index in [1.807, 2.05) is 19.2 Å². The molecule has 0 saturated heterocycles. The van der Waals surface area contributed by atoms with Gasteiger partial charge in [-0.25, -0.2) is 0 Å². The summed E-state index contributed by atoms with van der Waals surface area (Å²) in [6.07, 6.45) is 3.69. The van der Waals surface area contributed by atoms with Crippen molar-refractivity contribution in [2.45, 2.75) is 27.2 Å². The summed E-state index contributed by atoms with van der Waals surface area (Å²) in [5.41, 5.74) is 7.18.